The first-order valence-electron chi connectivity index (χ1n) is 15.1. The van der Waals surface area contributed by atoms with Gasteiger partial charge in [0.2, 0.25) is 0 Å². The smallest absolute Gasteiger partial charge is 0.358 e. The Hall–Kier alpha value is -1.73. The average Bonchev–Trinajstić information content (AvgIpc) is 2.93. The second-order valence-corrected chi connectivity index (χ2v) is 9.83. The second-order valence-electron chi connectivity index (χ2n) is 9.83. The van der Waals surface area contributed by atoms with E-state index in [0.717, 1.165) is 61.3 Å². The number of rotatable bonds is 15. The van der Waals surface area contributed by atoms with Gasteiger partial charge in [-0.15, -0.1) is 0 Å². The van der Waals surface area contributed by atoms with Gasteiger partial charge in [0, 0.05) is 0 Å². The zero-order chi connectivity index (χ0) is 27.6. The largest absolute Gasteiger partial charge is 2.00 e. The first kappa shape index (κ1) is 39.4. The van der Waals surface area contributed by atoms with Crippen molar-refractivity contribution in [1.82, 2.24) is 0 Å². The average molecular weight is 578 g/mol. The summed E-state index contributed by atoms with van der Waals surface area (Å²) in [5.41, 5.74) is 11.6. The molecule has 0 radical (unpaired) electrons. The molecule has 2 rings (SSSR count). The Morgan fingerprint density at radius 1 is 0.641 bits per heavy atom. The molecule has 0 atom stereocenters. The minimum absolute atomic E-state index is 0. The van der Waals surface area contributed by atoms with Gasteiger partial charge in [0.1, 0.15) is 0 Å². The van der Waals surface area contributed by atoms with Crippen molar-refractivity contribution in [3.8, 4) is 0 Å². The molecular weight excluding hydrogens is 519 g/mol. The standard InChI is InChI=1S/C33H50N2.C2H5.CH3.Ni/c1-8-14-16-17-19-29-24-31(23-28(11-4)32(29)12-5)34-25(7)33(13-6)35-30-21-26(10-3)20-27(22-30)18-15-9-2;1-2;;/h20-24H,8-19H2,1-7H3;1H2,2H3;1H3;/q;2*-1;+2. The van der Waals surface area contributed by atoms with Crippen molar-refractivity contribution in [3.05, 3.63) is 72.5 Å². The number of hydrogen-bond acceptors (Lipinski definition) is 2. The van der Waals surface area contributed by atoms with Crippen LogP contribution in [0, 0.1) is 14.4 Å². The van der Waals surface area contributed by atoms with Gasteiger partial charge in [-0.05, 0) is 110 Å². The minimum atomic E-state index is 0. The summed E-state index contributed by atoms with van der Waals surface area (Å²) in [6, 6.07) is 11.5. The van der Waals surface area contributed by atoms with Gasteiger partial charge in [-0.1, -0.05) is 73.3 Å². The molecule has 0 N–H and O–H groups in total. The van der Waals surface area contributed by atoms with Gasteiger partial charge >= 0.3 is 16.5 Å². The van der Waals surface area contributed by atoms with Crippen LogP contribution in [0.1, 0.15) is 128 Å². The Kier molecular flexibility index (Phi) is 23.3. The van der Waals surface area contributed by atoms with Crippen LogP contribution in [0.2, 0.25) is 0 Å². The van der Waals surface area contributed by atoms with Gasteiger partial charge in [-0.25, -0.2) is 0 Å². The fraction of sp³-hybridized carbons (Fsp3) is 0.556. The van der Waals surface area contributed by atoms with E-state index in [9.17, 15) is 0 Å². The Bertz CT molecular complexity index is 988. The minimum Gasteiger partial charge on any atom is -0.358 e. The third-order valence-electron chi connectivity index (χ3n) is 7.03. The third-order valence-corrected chi connectivity index (χ3v) is 7.03. The summed E-state index contributed by atoms with van der Waals surface area (Å²) in [5.74, 6) is 0. The van der Waals surface area contributed by atoms with Crippen LogP contribution >= 0.6 is 0 Å². The number of aliphatic imine (C=N–C) groups is 2. The van der Waals surface area contributed by atoms with E-state index < -0.39 is 0 Å². The number of nitrogens with zero attached hydrogens (tertiary/aromatic N) is 2. The van der Waals surface area contributed by atoms with Crippen molar-refractivity contribution in [2.24, 2.45) is 9.98 Å². The maximum absolute atomic E-state index is 5.12. The van der Waals surface area contributed by atoms with Crippen LogP contribution in [0.5, 0.6) is 0 Å². The molecule has 222 valence electrons. The molecule has 0 saturated heterocycles. The molecule has 0 heterocycles. The zero-order valence-corrected chi connectivity index (χ0v) is 27.8. The van der Waals surface area contributed by atoms with E-state index in [4.69, 9.17) is 9.98 Å². The van der Waals surface area contributed by atoms with Crippen LogP contribution in [0.4, 0.5) is 11.4 Å². The first-order valence-corrected chi connectivity index (χ1v) is 15.1. The Morgan fingerprint density at radius 2 is 1.26 bits per heavy atom. The number of benzene rings is 2. The van der Waals surface area contributed by atoms with Crippen molar-refractivity contribution in [3.63, 3.8) is 0 Å². The Labute approximate surface area is 253 Å². The van der Waals surface area contributed by atoms with Crippen LogP contribution in [-0.4, -0.2) is 11.4 Å². The first-order chi connectivity index (χ1) is 18.0. The van der Waals surface area contributed by atoms with Gasteiger partial charge in [-0.3, -0.25) is 9.98 Å². The normalized spacial score (nSPS) is 11.3. The van der Waals surface area contributed by atoms with Crippen LogP contribution in [-0.2, 0) is 48.6 Å². The summed E-state index contributed by atoms with van der Waals surface area (Å²) in [4.78, 5) is 10.2. The van der Waals surface area contributed by atoms with E-state index >= 15 is 0 Å². The fourth-order valence-electron chi connectivity index (χ4n) is 4.95. The number of hydrogen-bond donors (Lipinski definition) is 0. The predicted molar refractivity (Wildman–Crippen MR) is 175 cm³/mol. The van der Waals surface area contributed by atoms with Gasteiger partial charge < -0.3 is 14.4 Å². The van der Waals surface area contributed by atoms with Gasteiger partial charge in [0.25, 0.3) is 0 Å². The van der Waals surface area contributed by atoms with E-state index in [0.29, 0.717) is 0 Å². The molecule has 0 unspecified atom stereocenters. The molecule has 0 amide bonds. The van der Waals surface area contributed by atoms with Crippen LogP contribution in [0.15, 0.2) is 40.3 Å². The van der Waals surface area contributed by atoms with Crippen molar-refractivity contribution < 1.29 is 16.5 Å². The maximum Gasteiger partial charge on any atom is 2.00 e. The molecule has 0 spiro atoms. The summed E-state index contributed by atoms with van der Waals surface area (Å²) < 4.78 is 0. The van der Waals surface area contributed by atoms with Crippen LogP contribution < -0.4 is 0 Å². The van der Waals surface area contributed by atoms with Crippen LogP contribution in [0.25, 0.3) is 0 Å². The predicted octanol–water partition coefficient (Wildman–Crippen LogP) is 11.4. The van der Waals surface area contributed by atoms with E-state index in [-0.39, 0.29) is 23.9 Å². The second kappa shape index (κ2) is 23.0. The van der Waals surface area contributed by atoms with Gasteiger partial charge in [0.15, 0.2) is 0 Å². The van der Waals surface area contributed by atoms with E-state index in [2.05, 4.69) is 85.7 Å². The molecule has 3 heteroatoms. The molecule has 0 aliphatic carbocycles. The number of unbranched alkanes of at least 4 members (excludes halogenated alkanes) is 4. The van der Waals surface area contributed by atoms with Crippen LogP contribution in [0.3, 0.4) is 0 Å². The molecule has 2 nitrogen and oxygen atoms in total. The molecule has 0 aliphatic heterocycles. The summed E-state index contributed by atoms with van der Waals surface area (Å²) >= 11 is 0. The quantitative estimate of drug-likeness (QED) is 0.0871. The van der Waals surface area contributed by atoms with Crippen molar-refractivity contribution >= 4 is 22.8 Å². The monoisotopic (exact) mass is 576 g/mol. The molecule has 2 aromatic carbocycles. The fourth-order valence-corrected chi connectivity index (χ4v) is 4.95. The SMILES string of the molecule is CCCCCCc1cc(N=C(C)C(CC)=Nc2cc(CC)cc(CCCC)c2)cc(CC)c1CC.[CH2-]C.[CH3-].[Ni+2]. The molecule has 2 aromatic rings. The summed E-state index contributed by atoms with van der Waals surface area (Å²) in [6.07, 6.45) is 14.0. The van der Waals surface area contributed by atoms with E-state index in [1.165, 1.54) is 60.8 Å². The van der Waals surface area contributed by atoms with E-state index in [1.807, 2.05) is 0 Å². The molecular formula is C36H58N2Ni. The van der Waals surface area contributed by atoms with Gasteiger partial charge in [-0.2, -0.15) is 6.92 Å². The molecule has 39 heavy (non-hydrogen) atoms. The van der Waals surface area contributed by atoms with Crippen molar-refractivity contribution in [2.75, 3.05) is 0 Å². The molecule has 0 saturated carbocycles. The zero-order valence-electron chi connectivity index (χ0n) is 26.8. The Balaban J connectivity index is 0. The summed E-state index contributed by atoms with van der Waals surface area (Å²) in [6.45, 7) is 20.6. The molecule has 0 aromatic heterocycles. The maximum atomic E-state index is 5.12. The molecule has 0 fully saturated rings. The van der Waals surface area contributed by atoms with Crippen molar-refractivity contribution in [1.29, 1.82) is 0 Å². The summed E-state index contributed by atoms with van der Waals surface area (Å²) in [7, 11) is 0. The third kappa shape index (κ3) is 13.5. The Morgan fingerprint density at radius 3 is 1.82 bits per heavy atom. The topological polar surface area (TPSA) is 24.7 Å². The molecule has 0 bridgehead atoms. The van der Waals surface area contributed by atoms with E-state index in [1.54, 1.807) is 12.5 Å². The summed E-state index contributed by atoms with van der Waals surface area (Å²) in [5, 5.41) is 0. The molecule has 0 aliphatic rings. The number of aryl methyl sites for hydroxylation is 4. The van der Waals surface area contributed by atoms with Gasteiger partial charge in [0.05, 0.1) is 22.8 Å². The van der Waals surface area contributed by atoms with Crippen molar-refractivity contribution in [2.45, 2.75) is 132 Å².